The van der Waals surface area contributed by atoms with Crippen molar-refractivity contribution in [2.75, 3.05) is 18.9 Å². The first-order valence-corrected chi connectivity index (χ1v) is 9.46. The minimum absolute atomic E-state index is 0.00413. The number of halogens is 1. The van der Waals surface area contributed by atoms with Gasteiger partial charge in [-0.15, -0.1) is 0 Å². The highest BCUT2D eigenvalue weighted by Gasteiger charge is 2.20. The average molecular weight is 380 g/mol. The lowest BCUT2D eigenvalue weighted by atomic mass is 10.2. The number of para-hydroxylation sites is 1. The van der Waals surface area contributed by atoms with Gasteiger partial charge in [0.2, 0.25) is 15.9 Å². The van der Waals surface area contributed by atoms with Crippen LogP contribution in [0.25, 0.3) is 0 Å². The van der Waals surface area contributed by atoms with Crippen molar-refractivity contribution in [3.05, 3.63) is 53.8 Å². The molecule has 0 heterocycles. The van der Waals surface area contributed by atoms with E-state index in [1.807, 2.05) is 0 Å². The number of phenolic OH excluding ortho intramolecular Hbond substituents is 1. The predicted octanol–water partition coefficient (Wildman–Crippen LogP) is 2.88. The second-order valence-corrected chi connectivity index (χ2v) is 7.95. The van der Waals surface area contributed by atoms with Gasteiger partial charge in [0.15, 0.2) is 0 Å². The summed E-state index contributed by atoms with van der Waals surface area (Å²) in [5, 5.41) is 12.5. The molecule has 2 N–H and O–H groups in total. The summed E-state index contributed by atoms with van der Waals surface area (Å²) >= 11 is 0. The third-order valence-electron chi connectivity index (χ3n) is 3.91. The summed E-state index contributed by atoms with van der Waals surface area (Å²) in [6, 6.07) is 9.60. The molecule has 8 heteroatoms. The Labute approximate surface area is 152 Å². The third-order valence-corrected chi connectivity index (χ3v) is 5.78. The van der Waals surface area contributed by atoms with Gasteiger partial charge < -0.3 is 10.4 Å². The fraction of sp³-hybridized carbons (Fsp3) is 0.278. The zero-order chi connectivity index (χ0) is 19.3. The summed E-state index contributed by atoms with van der Waals surface area (Å²) in [6.45, 7) is 1.85. The number of anilines is 1. The minimum Gasteiger partial charge on any atom is -0.505 e. The number of nitrogens with one attached hydrogen (secondary N) is 1. The van der Waals surface area contributed by atoms with Gasteiger partial charge in [-0.1, -0.05) is 12.1 Å². The highest BCUT2D eigenvalue weighted by Crippen LogP contribution is 2.26. The topological polar surface area (TPSA) is 86.7 Å². The Hall–Kier alpha value is -2.45. The van der Waals surface area contributed by atoms with Gasteiger partial charge in [-0.05, 0) is 49.2 Å². The Balaban J connectivity index is 1.89. The third kappa shape index (κ3) is 4.80. The molecule has 0 spiro atoms. The summed E-state index contributed by atoms with van der Waals surface area (Å²) in [4.78, 5) is 12.0. The number of nitrogens with zero attached hydrogens (tertiary/aromatic N) is 1. The number of aromatic hydroxyl groups is 1. The van der Waals surface area contributed by atoms with E-state index in [2.05, 4.69) is 5.32 Å². The molecule has 0 unspecified atom stereocenters. The maximum atomic E-state index is 12.9. The maximum absolute atomic E-state index is 12.9. The van der Waals surface area contributed by atoms with Crippen LogP contribution in [0, 0.1) is 12.7 Å². The number of sulfonamides is 1. The molecule has 2 aromatic carbocycles. The molecule has 0 saturated carbocycles. The van der Waals surface area contributed by atoms with E-state index in [4.69, 9.17) is 0 Å². The largest absolute Gasteiger partial charge is 0.505 e. The van der Waals surface area contributed by atoms with Crippen LogP contribution in [-0.2, 0) is 14.8 Å². The molecule has 0 fully saturated rings. The zero-order valence-corrected chi connectivity index (χ0v) is 15.4. The molecule has 0 atom stereocenters. The number of aryl methyl sites for hydroxylation is 1. The van der Waals surface area contributed by atoms with Crippen LogP contribution < -0.4 is 5.32 Å². The van der Waals surface area contributed by atoms with Gasteiger partial charge in [0.1, 0.15) is 11.6 Å². The molecule has 2 rings (SSSR count). The van der Waals surface area contributed by atoms with E-state index in [9.17, 15) is 22.7 Å². The molecule has 0 radical (unpaired) electrons. The van der Waals surface area contributed by atoms with Gasteiger partial charge in [0.05, 0.1) is 10.6 Å². The quantitative estimate of drug-likeness (QED) is 0.723. The van der Waals surface area contributed by atoms with Gasteiger partial charge in [-0.2, -0.15) is 0 Å². The summed E-state index contributed by atoms with van der Waals surface area (Å²) < 4.78 is 38.8. The van der Waals surface area contributed by atoms with E-state index in [0.29, 0.717) is 17.7 Å². The molecule has 0 aliphatic rings. The van der Waals surface area contributed by atoms with Crippen molar-refractivity contribution >= 4 is 21.6 Å². The fourth-order valence-electron chi connectivity index (χ4n) is 2.34. The van der Waals surface area contributed by atoms with E-state index >= 15 is 0 Å². The number of benzene rings is 2. The number of rotatable bonds is 7. The highest BCUT2D eigenvalue weighted by atomic mass is 32.2. The predicted molar refractivity (Wildman–Crippen MR) is 96.9 cm³/mol. The highest BCUT2D eigenvalue weighted by molar-refractivity contribution is 7.89. The van der Waals surface area contributed by atoms with Crippen LogP contribution in [0.5, 0.6) is 5.75 Å². The van der Waals surface area contributed by atoms with Crippen LogP contribution in [0.1, 0.15) is 18.4 Å². The van der Waals surface area contributed by atoms with Crippen molar-refractivity contribution in [2.45, 2.75) is 24.7 Å². The van der Waals surface area contributed by atoms with Crippen molar-refractivity contribution in [3.63, 3.8) is 0 Å². The van der Waals surface area contributed by atoms with Crippen molar-refractivity contribution in [1.82, 2.24) is 4.31 Å². The van der Waals surface area contributed by atoms with E-state index in [1.165, 1.54) is 19.2 Å². The van der Waals surface area contributed by atoms with Crippen molar-refractivity contribution in [3.8, 4) is 5.75 Å². The first-order chi connectivity index (χ1) is 12.2. The number of hydrogen-bond acceptors (Lipinski definition) is 4. The molecule has 0 aromatic heterocycles. The molecule has 0 bridgehead atoms. The Kier molecular flexibility index (Phi) is 6.33. The van der Waals surface area contributed by atoms with E-state index < -0.39 is 15.8 Å². The molecule has 6 nitrogen and oxygen atoms in total. The van der Waals surface area contributed by atoms with Crippen molar-refractivity contribution in [2.24, 2.45) is 0 Å². The second kappa shape index (κ2) is 8.29. The molecular weight excluding hydrogens is 359 g/mol. The first kappa shape index (κ1) is 19.9. The molecule has 2 aromatic rings. The van der Waals surface area contributed by atoms with Crippen molar-refractivity contribution in [1.29, 1.82) is 0 Å². The monoisotopic (exact) mass is 380 g/mol. The lowest BCUT2D eigenvalue weighted by molar-refractivity contribution is -0.116. The summed E-state index contributed by atoms with van der Waals surface area (Å²) in [7, 11) is -2.32. The normalized spacial score (nSPS) is 11.5. The van der Waals surface area contributed by atoms with E-state index in [-0.39, 0.29) is 29.5 Å². The Morgan fingerprint density at radius 1 is 1.19 bits per heavy atom. The van der Waals surface area contributed by atoms with Crippen LogP contribution in [0.3, 0.4) is 0 Å². The van der Waals surface area contributed by atoms with Gasteiger partial charge in [0.25, 0.3) is 0 Å². The smallest absolute Gasteiger partial charge is 0.242 e. The first-order valence-electron chi connectivity index (χ1n) is 8.02. The zero-order valence-electron chi connectivity index (χ0n) is 14.6. The van der Waals surface area contributed by atoms with Gasteiger partial charge in [0, 0.05) is 20.0 Å². The van der Waals surface area contributed by atoms with Gasteiger partial charge in [-0.25, -0.2) is 17.1 Å². The fourth-order valence-corrected chi connectivity index (χ4v) is 3.55. The molecule has 140 valence electrons. The minimum atomic E-state index is -3.73. The Morgan fingerprint density at radius 2 is 1.85 bits per heavy atom. The van der Waals surface area contributed by atoms with Gasteiger partial charge >= 0.3 is 0 Å². The second-order valence-electron chi connectivity index (χ2n) is 5.90. The van der Waals surface area contributed by atoms with Crippen LogP contribution in [-0.4, -0.2) is 37.3 Å². The molecule has 0 aliphatic heterocycles. The molecule has 26 heavy (non-hydrogen) atoms. The Morgan fingerprint density at radius 3 is 2.50 bits per heavy atom. The number of carbonyl (C=O) groups is 1. The molecule has 0 saturated heterocycles. The summed E-state index contributed by atoms with van der Waals surface area (Å²) in [6.07, 6.45) is 0.395. The van der Waals surface area contributed by atoms with Crippen LogP contribution in [0.4, 0.5) is 10.1 Å². The lowest BCUT2D eigenvalue weighted by Crippen LogP contribution is -2.28. The van der Waals surface area contributed by atoms with Crippen LogP contribution in [0.15, 0.2) is 47.4 Å². The number of hydrogen-bond donors (Lipinski definition) is 2. The standard InChI is InChI=1S/C18H21FN2O4S/c1-13-5-3-6-16(18(13)23)20-17(22)7-4-12-21(2)26(24,25)15-10-8-14(19)9-11-15/h3,5-6,8-11,23H,4,7,12H2,1-2H3,(H,20,22). The summed E-state index contributed by atoms with van der Waals surface area (Å²) in [5.41, 5.74) is 0.968. The summed E-state index contributed by atoms with van der Waals surface area (Å²) in [5.74, 6) is -0.821. The molecule has 1 amide bonds. The number of phenols is 1. The van der Waals surface area contributed by atoms with E-state index in [1.54, 1.807) is 25.1 Å². The SMILES string of the molecule is Cc1cccc(NC(=O)CCCN(C)S(=O)(=O)c2ccc(F)cc2)c1O. The molecular formula is C18H21FN2O4S. The van der Waals surface area contributed by atoms with Gasteiger partial charge in [-0.3, -0.25) is 4.79 Å². The van der Waals surface area contributed by atoms with Crippen LogP contribution in [0.2, 0.25) is 0 Å². The Bertz CT molecular complexity index is 883. The lowest BCUT2D eigenvalue weighted by Gasteiger charge is -2.17. The van der Waals surface area contributed by atoms with Crippen LogP contribution >= 0.6 is 0 Å². The number of carbonyl (C=O) groups excluding carboxylic acids is 1. The average Bonchev–Trinajstić information content (AvgIpc) is 2.59. The molecule has 0 aliphatic carbocycles. The van der Waals surface area contributed by atoms with Crippen molar-refractivity contribution < 1.29 is 22.7 Å². The maximum Gasteiger partial charge on any atom is 0.242 e. The van der Waals surface area contributed by atoms with E-state index in [0.717, 1.165) is 16.4 Å². The number of amides is 1.